The largest absolute Gasteiger partial charge is 0.496 e. The second-order valence-corrected chi connectivity index (χ2v) is 7.99. The fourth-order valence-electron chi connectivity index (χ4n) is 3.84. The summed E-state index contributed by atoms with van der Waals surface area (Å²) in [7, 11) is 1.72. The second-order valence-electron chi connectivity index (χ2n) is 7.55. The Morgan fingerprint density at radius 3 is 2.43 bits per heavy atom. The van der Waals surface area contributed by atoms with Gasteiger partial charge in [0.2, 0.25) is 0 Å². The third kappa shape index (κ3) is 4.84. The van der Waals surface area contributed by atoms with E-state index < -0.39 is 0 Å². The number of nitrogens with zero attached hydrogens (tertiary/aromatic N) is 1. The average molecular weight is 421 g/mol. The predicted molar refractivity (Wildman–Crippen MR) is 122 cm³/mol. The number of halogens is 1. The van der Waals surface area contributed by atoms with Gasteiger partial charge in [0.15, 0.2) is 0 Å². The van der Waals surface area contributed by atoms with Gasteiger partial charge < -0.3 is 10.1 Å². The molecule has 3 aromatic carbocycles. The van der Waals surface area contributed by atoms with E-state index in [-0.39, 0.29) is 5.91 Å². The summed E-state index contributed by atoms with van der Waals surface area (Å²) in [6, 6.07) is 21.1. The Balaban J connectivity index is 1.50. The zero-order chi connectivity index (χ0) is 20.9. The Labute approximate surface area is 182 Å². The Bertz CT molecular complexity index is 1030. The van der Waals surface area contributed by atoms with Crippen molar-refractivity contribution in [2.45, 2.75) is 19.4 Å². The van der Waals surface area contributed by atoms with Gasteiger partial charge in [0.05, 0.1) is 7.11 Å². The summed E-state index contributed by atoms with van der Waals surface area (Å²) in [6.45, 7) is 3.20. The van der Waals surface area contributed by atoms with Crippen molar-refractivity contribution in [3.8, 4) is 16.9 Å². The van der Waals surface area contributed by atoms with Gasteiger partial charge >= 0.3 is 0 Å². The number of hydrogen-bond donors (Lipinski definition) is 1. The van der Waals surface area contributed by atoms with Crippen LogP contribution >= 0.6 is 11.6 Å². The summed E-state index contributed by atoms with van der Waals surface area (Å²) in [5.74, 6) is 0.749. The normalized spacial score (nSPS) is 13.9. The van der Waals surface area contributed by atoms with Crippen molar-refractivity contribution in [3.63, 3.8) is 0 Å². The average Bonchev–Trinajstić information content (AvgIpc) is 3.27. The number of methoxy groups -OCH3 is 1. The van der Waals surface area contributed by atoms with E-state index in [1.54, 1.807) is 31.4 Å². The summed E-state index contributed by atoms with van der Waals surface area (Å²) < 4.78 is 5.58. The molecule has 0 aliphatic carbocycles. The number of anilines is 1. The molecule has 1 saturated heterocycles. The minimum Gasteiger partial charge on any atom is -0.496 e. The summed E-state index contributed by atoms with van der Waals surface area (Å²) >= 11 is 5.98. The van der Waals surface area contributed by atoms with Crippen molar-refractivity contribution in [1.29, 1.82) is 0 Å². The molecule has 1 aliphatic heterocycles. The summed E-state index contributed by atoms with van der Waals surface area (Å²) in [4.78, 5) is 14.9. The number of ether oxygens (including phenoxy) is 1. The van der Waals surface area contributed by atoms with Crippen LogP contribution in [0.4, 0.5) is 5.69 Å². The highest BCUT2D eigenvalue weighted by molar-refractivity contribution is 6.31. The molecule has 1 amide bonds. The lowest BCUT2D eigenvalue weighted by molar-refractivity contribution is 0.102. The van der Waals surface area contributed by atoms with Crippen LogP contribution in [0.1, 0.15) is 28.8 Å². The molecule has 1 aliphatic rings. The lowest BCUT2D eigenvalue weighted by Gasteiger charge is -2.18. The van der Waals surface area contributed by atoms with Crippen LogP contribution in [0.5, 0.6) is 5.75 Å². The third-order valence-corrected chi connectivity index (χ3v) is 5.67. The molecule has 0 aromatic heterocycles. The van der Waals surface area contributed by atoms with E-state index in [1.807, 2.05) is 30.3 Å². The summed E-state index contributed by atoms with van der Waals surface area (Å²) in [6.07, 6.45) is 2.54. The maximum absolute atomic E-state index is 12.4. The summed E-state index contributed by atoms with van der Waals surface area (Å²) in [5.41, 5.74) is 4.72. The first-order valence-corrected chi connectivity index (χ1v) is 10.6. The first-order valence-electron chi connectivity index (χ1n) is 10.2. The van der Waals surface area contributed by atoms with Gasteiger partial charge in [-0.15, -0.1) is 0 Å². The van der Waals surface area contributed by atoms with E-state index in [4.69, 9.17) is 16.3 Å². The highest BCUT2D eigenvalue weighted by Gasteiger charge is 2.15. The summed E-state index contributed by atoms with van der Waals surface area (Å²) in [5, 5.41) is 3.46. The van der Waals surface area contributed by atoms with Crippen LogP contribution < -0.4 is 10.1 Å². The molecular formula is C25H25ClN2O2. The minimum atomic E-state index is -0.178. The first kappa shape index (κ1) is 20.5. The number of nitrogens with one attached hydrogen (secondary N) is 1. The van der Waals surface area contributed by atoms with Gasteiger partial charge in [0.1, 0.15) is 5.75 Å². The number of carbonyl (C=O) groups is 1. The Morgan fingerprint density at radius 1 is 1.00 bits per heavy atom. The Morgan fingerprint density at radius 2 is 1.73 bits per heavy atom. The Hall–Kier alpha value is -2.82. The molecule has 1 heterocycles. The molecule has 1 fully saturated rings. The van der Waals surface area contributed by atoms with Crippen molar-refractivity contribution in [3.05, 3.63) is 82.9 Å². The molecule has 0 atom stereocenters. The molecule has 3 aromatic rings. The Kier molecular flexibility index (Phi) is 6.36. The zero-order valence-corrected chi connectivity index (χ0v) is 17.8. The standard InChI is InChI=1S/C25H25ClN2O2/c1-30-24-12-9-19(15-21(24)17-28-13-2-3-14-28)18-7-10-23(11-8-18)27-25(29)20-5-4-6-22(26)16-20/h4-12,15-16H,2-3,13-14,17H2,1H3,(H,27,29). The van der Waals surface area contributed by atoms with Gasteiger partial charge in [-0.25, -0.2) is 0 Å². The molecule has 154 valence electrons. The highest BCUT2D eigenvalue weighted by atomic mass is 35.5. The van der Waals surface area contributed by atoms with Gasteiger partial charge in [-0.1, -0.05) is 35.9 Å². The second kappa shape index (κ2) is 9.33. The van der Waals surface area contributed by atoms with E-state index in [1.165, 1.54) is 18.4 Å². The smallest absolute Gasteiger partial charge is 0.255 e. The number of rotatable bonds is 6. The lowest BCUT2D eigenvalue weighted by Crippen LogP contribution is -2.18. The van der Waals surface area contributed by atoms with Crippen LogP contribution in [-0.4, -0.2) is 31.0 Å². The molecule has 0 spiro atoms. The maximum Gasteiger partial charge on any atom is 0.255 e. The van der Waals surface area contributed by atoms with Gasteiger partial charge in [-0.3, -0.25) is 9.69 Å². The van der Waals surface area contributed by atoms with Gasteiger partial charge in [-0.2, -0.15) is 0 Å². The van der Waals surface area contributed by atoms with Crippen LogP contribution in [0.3, 0.4) is 0 Å². The number of carbonyl (C=O) groups excluding carboxylic acids is 1. The van der Waals surface area contributed by atoms with E-state index in [2.05, 4.69) is 22.3 Å². The van der Waals surface area contributed by atoms with Gasteiger partial charge in [-0.05, 0) is 79.5 Å². The van der Waals surface area contributed by atoms with Crippen molar-refractivity contribution in [2.75, 3.05) is 25.5 Å². The lowest BCUT2D eigenvalue weighted by atomic mass is 10.0. The molecule has 4 rings (SSSR count). The topological polar surface area (TPSA) is 41.6 Å². The molecular weight excluding hydrogens is 396 g/mol. The quantitative estimate of drug-likeness (QED) is 0.542. The predicted octanol–water partition coefficient (Wildman–Crippen LogP) is 5.86. The van der Waals surface area contributed by atoms with Crippen LogP contribution in [-0.2, 0) is 6.54 Å². The van der Waals surface area contributed by atoms with Crippen molar-refractivity contribution < 1.29 is 9.53 Å². The molecule has 4 nitrogen and oxygen atoms in total. The van der Waals surface area contributed by atoms with E-state index in [0.717, 1.165) is 42.2 Å². The van der Waals surface area contributed by atoms with Gasteiger partial charge in [0.25, 0.3) is 5.91 Å². The minimum absolute atomic E-state index is 0.178. The SMILES string of the molecule is COc1ccc(-c2ccc(NC(=O)c3cccc(Cl)c3)cc2)cc1CN1CCCC1. The molecule has 30 heavy (non-hydrogen) atoms. The van der Waals surface area contributed by atoms with Gasteiger partial charge in [0, 0.05) is 28.4 Å². The van der Waals surface area contributed by atoms with Crippen LogP contribution in [0.2, 0.25) is 5.02 Å². The maximum atomic E-state index is 12.4. The molecule has 0 radical (unpaired) electrons. The van der Waals surface area contributed by atoms with Crippen molar-refractivity contribution in [1.82, 2.24) is 4.90 Å². The fourth-order valence-corrected chi connectivity index (χ4v) is 4.03. The van der Waals surface area contributed by atoms with Crippen molar-refractivity contribution in [2.24, 2.45) is 0 Å². The van der Waals surface area contributed by atoms with E-state index in [9.17, 15) is 4.79 Å². The molecule has 0 bridgehead atoms. The zero-order valence-electron chi connectivity index (χ0n) is 17.0. The van der Waals surface area contributed by atoms with Crippen LogP contribution in [0.25, 0.3) is 11.1 Å². The number of likely N-dealkylation sites (tertiary alicyclic amines) is 1. The first-order chi connectivity index (χ1) is 14.6. The van der Waals surface area contributed by atoms with E-state index >= 15 is 0 Å². The molecule has 0 saturated carbocycles. The number of hydrogen-bond acceptors (Lipinski definition) is 3. The number of amides is 1. The van der Waals surface area contributed by atoms with Crippen LogP contribution in [0.15, 0.2) is 66.7 Å². The number of benzene rings is 3. The molecule has 1 N–H and O–H groups in total. The fraction of sp³-hybridized carbons (Fsp3) is 0.240. The molecule has 0 unspecified atom stereocenters. The van der Waals surface area contributed by atoms with Crippen molar-refractivity contribution >= 4 is 23.2 Å². The third-order valence-electron chi connectivity index (χ3n) is 5.44. The molecule has 5 heteroatoms. The van der Waals surface area contributed by atoms with Crippen LogP contribution in [0, 0.1) is 0 Å². The van der Waals surface area contributed by atoms with E-state index in [0.29, 0.717) is 10.6 Å². The monoisotopic (exact) mass is 420 g/mol. The highest BCUT2D eigenvalue weighted by Crippen LogP contribution is 2.29.